The maximum atomic E-state index is 13.2. The molecule has 0 fully saturated rings. The Morgan fingerprint density at radius 2 is 1.91 bits per heavy atom. The van der Waals surface area contributed by atoms with Crippen LogP contribution in [0.3, 0.4) is 0 Å². The fourth-order valence-electron chi connectivity index (χ4n) is 2.96. The lowest BCUT2D eigenvalue weighted by atomic mass is 10.2. The largest absolute Gasteiger partial charge is 0.272 e. The number of fused-ring (bicyclic) bond motifs is 1. The van der Waals surface area contributed by atoms with E-state index >= 15 is 0 Å². The molecule has 3 aromatic carbocycles. The highest BCUT2D eigenvalue weighted by Crippen LogP contribution is 2.22. The van der Waals surface area contributed by atoms with Gasteiger partial charge >= 0.3 is 0 Å². The van der Waals surface area contributed by atoms with Crippen molar-refractivity contribution < 1.29 is 4.79 Å². The van der Waals surface area contributed by atoms with Gasteiger partial charge in [0.05, 0.1) is 28.6 Å². The topological polar surface area (TPSA) is 76.3 Å². The lowest BCUT2D eigenvalue weighted by molar-refractivity contribution is -0.118. The molecule has 0 saturated heterocycles. The number of nitrogens with zero attached hydrogens (tertiary/aromatic N) is 3. The first kappa shape index (κ1) is 22.3. The molecule has 4 rings (SSSR count). The number of carbonyl (C=O) groups is 1. The van der Waals surface area contributed by atoms with Crippen LogP contribution in [0.5, 0.6) is 0 Å². The van der Waals surface area contributed by atoms with Crippen LogP contribution in [0.2, 0.25) is 5.02 Å². The Bertz CT molecular complexity index is 1370. The summed E-state index contributed by atoms with van der Waals surface area (Å²) in [6, 6.07) is 21.6. The minimum absolute atomic E-state index is 0.0359. The monoisotopic (exact) mass is 526 g/mol. The van der Waals surface area contributed by atoms with Crippen molar-refractivity contribution in [1.29, 1.82) is 0 Å². The SMILES string of the molecule is O=C(CSc1nc2ccccc2c(=O)n1-c1ccc(Br)cc1)N/N=C\c1cccc(Cl)c1. The van der Waals surface area contributed by atoms with Gasteiger partial charge in [0, 0.05) is 9.50 Å². The summed E-state index contributed by atoms with van der Waals surface area (Å²) in [7, 11) is 0. The van der Waals surface area contributed by atoms with E-state index in [2.05, 4.69) is 31.4 Å². The standard InChI is InChI=1S/C23H16BrClN4O2S/c24-16-8-10-18(11-9-16)29-22(31)19-6-1-2-7-20(19)27-23(29)32-14-21(30)28-26-13-15-4-3-5-17(25)12-15/h1-13H,14H2,(H,28,30)/b26-13-. The predicted molar refractivity (Wildman–Crippen MR) is 133 cm³/mol. The van der Waals surface area contributed by atoms with Crippen molar-refractivity contribution in [3.05, 3.63) is 98.2 Å². The number of hydrogen-bond acceptors (Lipinski definition) is 5. The highest BCUT2D eigenvalue weighted by atomic mass is 79.9. The Morgan fingerprint density at radius 1 is 1.12 bits per heavy atom. The molecule has 6 nitrogen and oxygen atoms in total. The summed E-state index contributed by atoms with van der Waals surface area (Å²) in [5.74, 6) is -0.285. The van der Waals surface area contributed by atoms with Crippen LogP contribution in [0, 0.1) is 0 Å². The van der Waals surface area contributed by atoms with Crippen molar-refractivity contribution in [2.24, 2.45) is 5.10 Å². The minimum Gasteiger partial charge on any atom is -0.272 e. The van der Waals surface area contributed by atoms with Crippen molar-refractivity contribution in [1.82, 2.24) is 15.0 Å². The third-order valence-corrected chi connectivity index (χ3v) is 6.12. The molecule has 1 aromatic heterocycles. The molecule has 1 amide bonds. The summed E-state index contributed by atoms with van der Waals surface area (Å²) in [5, 5.41) is 5.48. The molecular formula is C23H16BrClN4O2S. The van der Waals surface area contributed by atoms with E-state index in [4.69, 9.17) is 11.6 Å². The third-order valence-electron chi connectivity index (χ3n) is 4.41. The number of nitrogens with one attached hydrogen (secondary N) is 1. The number of benzene rings is 3. The van der Waals surface area contributed by atoms with Gasteiger partial charge in [-0.1, -0.05) is 63.6 Å². The molecule has 4 aromatic rings. The number of carbonyl (C=O) groups excluding carboxylic acids is 1. The molecule has 0 bridgehead atoms. The van der Waals surface area contributed by atoms with Crippen molar-refractivity contribution >= 4 is 62.3 Å². The first-order chi connectivity index (χ1) is 15.5. The van der Waals surface area contributed by atoms with E-state index in [1.54, 1.807) is 36.4 Å². The van der Waals surface area contributed by atoms with E-state index in [0.29, 0.717) is 26.8 Å². The maximum Gasteiger partial charge on any atom is 0.266 e. The molecule has 0 atom stereocenters. The van der Waals surface area contributed by atoms with E-state index < -0.39 is 0 Å². The maximum absolute atomic E-state index is 13.2. The number of aromatic nitrogens is 2. The van der Waals surface area contributed by atoms with Gasteiger partial charge in [-0.05, 0) is 54.1 Å². The van der Waals surface area contributed by atoms with Crippen LogP contribution in [-0.2, 0) is 4.79 Å². The van der Waals surface area contributed by atoms with E-state index in [-0.39, 0.29) is 17.2 Å². The Morgan fingerprint density at radius 3 is 2.69 bits per heavy atom. The van der Waals surface area contributed by atoms with Gasteiger partial charge in [0.25, 0.3) is 11.5 Å². The minimum atomic E-state index is -0.321. The highest BCUT2D eigenvalue weighted by Gasteiger charge is 2.14. The quantitative estimate of drug-likeness (QED) is 0.165. The Balaban J connectivity index is 1.56. The second kappa shape index (κ2) is 10.1. The zero-order chi connectivity index (χ0) is 22.5. The predicted octanol–water partition coefficient (Wildman–Crippen LogP) is 5.04. The van der Waals surface area contributed by atoms with Crippen LogP contribution in [0.4, 0.5) is 0 Å². The smallest absolute Gasteiger partial charge is 0.266 e. The Kier molecular flexibility index (Phi) is 7.04. The number of rotatable bonds is 6. The lowest BCUT2D eigenvalue weighted by Crippen LogP contribution is -2.24. The molecule has 0 aliphatic carbocycles. The van der Waals surface area contributed by atoms with Gasteiger partial charge in [-0.25, -0.2) is 10.4 Å². The van der Waals surface area contributed by atoms with Gasteiger partial charge < -0.3 is 0 Å². The number of halogens is 2. The van der Waals surface area contributed by atoms with E-state index in [0.717, 1.165) is 21.8 Å². The molecule has 32 heavy (non-hydrogen) atoms. The number of hydrazone groups is 1. The summed E-state index contributed by atoms with van der Waals surface area (Å²) < 4.78 is 2.41. The molecule has 0 aliphatic rings. The normalized spacial score (nSPS) is 11.2. The summed E-state index contributed by atoms with van der Waals surface area (Å²) in [4.78, 5) is 30.1. The van der Waals surface area contributed by atoms with Gasteiger partial charge in [-0.15, -0.1) is 0 Å². The third kappa shape index (κ3) is 5.27. The number of para-hydroxylation sites is 1. The second-order valence-corrected chi connectivity index (χ2v) is 8.96. The number of amides is 1. The Labute approximate surface area is 201 Å². The van der Waals surface area contributed by atoms with Gasteiger partial charge in [0.2, 0.25) is 0 Å². The summed E-state index contributed by atoms with van der Waals surface area (Å²) in [6.45, 7) is 0. The van der Waals surface area contributed by atoms with E-state index in [9.17, 15) is 9.59 Å². The molecule has 0 radical (unpaired) electrons. The van der Waals surface area contributed by atoms with Gasteiger partial charge in [0.15, 0.2) is 5.16 Å². The molecule has 9 heteroatoms. The van der Waals surface area contributed by atoms with Gasteiger partial charge in [-0.2, -0.15) is 5.10 Å². The average Bonchev–Trinajstić information content (AvgIpc) is 2.79. The van der Waals surface area contributed by atoms with Crippen molar-refractivity contribution in [3.63, 3.8) is 0 Å². The molecular weight excluding hydrogens is 512 g/mol. The number of thioether (sulfide) groups is 1. The van der Waals surface area contributed by atoms with Gasteiger partial charge in [0.1, 0.15) is 0 Å². The van der Waals surface area contributed by atoms with Crippen molar-refractivity contribution in [2.45, 2.75) is 5.16 Å². The van der Waals surface area contributed by atoms with E-state index in [1.807, 2.05) is 36.4 Å². The molecule has 0 spiro atoms. The fraction of sp³-hybridized carbons (Fsp3) is 0.0435. The summed E-state index contributed by atoms with van der Waals surface area (Å²) in [6.07, 6.45) is 1.51. The molecule has 1 N–H and O–H groups in total. The molecule has 0 saturated carbocycles. The zero-order valence-corrected chi connectivity index (χ0v) is 19.7. The summed E-state index contributed by atoms with van der Waals surface area (Å²) in [5.41, 5.74) is 4.30. The van der Waals surface area contributed by atoms with Crippen molar-refractivity contribution in [3.8, 4) is 5.69 Å². The molecule has 160 valence electrons. The summed E-state index contributed by atoms with van der Waals surface area (Å²) >= 11 is 10.5. The van der Waals surface area contributed by atoms with Crippen LogP contribution in [0.1, 0.15) is 5.56 Å². The number of hydrogen-bond donors (Lipinski definition) is 1. The van der Waals surface area contributed by atoms with Crippen LogP contribution in [0.15, 0.2) is 92.3 Å². The molecule has 0 unspecified atom stereocenters. The van der Waals surface area contributed by atoms with Crippen LogP contribution >= 0.6 is 39.3 Å². The lowest BCUT2D eigenvalue weighted by Gasteiger charge is -2.13. The Hall–Kier alpha value is -2.94. The highest BCUT2D eigenvalue weighted by molar-refractivity contribution is 9.10. The second-order valence-electron chi connectivity index (χ2n) is 6.67. The van der Waals surface area contributed by atoms with Crippen LogP contribution < -0.4 is 11.0 Å². The zero-order valence-electron chi connectivity index (χ0n) is 16.5. The first-order valence-electron chi connectivity index (χ1n) is 9.49. The van der Waals surface area contributed by atoms with Crippen LogP contribution in [0.25, 0.3) is 16.6 Å². The fourth-order valence-corrected chi connectivity index (χ4v) is 4.22. The van der Waals surface area contributed by atoms with Crippen LogP contribution in [-0.4, -0.2) is 27.4 Å². The van der Waals surface area contributed by atoms with Gasteiger partial charge in [-0.3, -0.25) is 14.2 Å². The molecule has 0 aliphatic heterocycles. The van der Waals surface area contributed by atoms with E-state index in [1.165, 1.54) is 10.8 Å². The molecule has 1 heterocycles. The average molecular weight is 528 g/mol. The van der Waals surface area contributed by atoms with Crippen molar-refractivity contribution in [2.75, 3.05) is 5.75 Å². The first-order valence-corrected chi connectivity index (χ1v) is 11.6.